The number of nitrogens with zero attached hydrogens (tertiary/aromatic N) is 1. The van der Waals surface area contributed by atoms with Crippen LogP contribution < -0.4 is 10.6 Å². The fourth-order valence-electron chi connectivity index (χ4n) is 5.07. The number of Topliss-reactive ketones (excluding diaryl/α,β-unsaturated/α-hetero) is 1. The van der Waals surface area contributed by atoms with Crippen LogP contribution in [0.1, 0.15) is 36.8 Å². The van der Waals surface area contributed by atoms with Gasteiger partial charge in [0.05, 0.1) is 6.54 Å². The topological polar surface area (TPSA) is 102 Å². The SMILES string of the molecule is CC(=O)C(=N)c1ccccc1NCC(=O)N1C[C@H]2C[C@H]2[C@H]1C(=O)N[C@H]1C[C@@H]1c1ccccc1. The largest absolute Gasteiger partial charge is 0.376 e. The smallest absolute Gasteiger partial charge is 0.243 e. The minimum absolute atomic E-state index is 0.0154. The third-order valence-corrected chi connectivity index (χ3v) is 7.06. The molecule has 0 radical (unpaired) electrons. The first-order valence-corrected chi connectivity index (χ1v) is 11.5. The molecule has 1 heterocycles. The quantitative estimate of drug-likeness (QED) is 0.545. The number of rotatable bonds is 8. The number of carbonyl (C=O) groups excluding carboxylic acids is 3. The molecule has 7 heteroatoms. The Bertz CT molecular complexity index is 1120. The first-order chi connectivity index (χ1) is 15.9. The van der Waals surface area contributed by atoms with Gasteiger partial charge in [0.25, 0.3) is 0 Å². The summed E-state index contributed by atoms with van der Waals surface area (Å²) in [7, 11) is 0. The summed E-state index contributed by atoms with van der Waals surface area (Å²) >= 11 is 0. The molecule has 5 rings (SSSR count). The predicted molar refractivity (Wildman–Crippen MR) is 125 cm³/mol. The molecular weight excluding hydrogens is 416 g/mol. The molecule has 0 unspecified atom stereocenters. The Balaban J connectivity index is 1.21. The van der Waals surface area contributed by atoms with E-state index in [1.165, 1.54) is 12.5 Å². The molecule has 0 bridgehead atoms. The van der Waals surface area contributed by atoms with Gasteiger partial charge in [0, 0.05) is 36.7 Å². The third kappa shape index (κ3) is 4.27. The Kier molecular flexibility index (Phi) is 5.48. The standard InChI is InChI=1S/C26H28N4O3/c1-15(31)24(27)18-9-5-6-10-21(18)28-13-23(32)30-14-17-11-20(17)25(30)26(33)29-22-12-19(22)16-7-3-2-4-8-16/h2-10,17,19-20,22,25,27-28H,11-14H2,1H3,(H,29,33)/t17-,19-,20-,22+,25+/m1/s1. The van der Waals surface area contributed by atoms with Crippen molar-refractivity contribution in [2.45, 2.75) is 37.8 Å². The van der Waals surface area contributed by atoms with Crippen molar-refractivity contribution >= 4 is 29.0 Å². The highest BCUT2D eigenvalue weighted by atomic mass is 16.2. The highest BCUT2D eigenvalue weighted by Crippen LogP contribution is 2.50. The molecule has 5 atom stereocenters. The fraction of sp³-hybridized carbons (Fsp3) is 0.385. The number of hydrogen-bond donors (Lipinski definition) is 3. The van der Waals surface area contributed by atoms with Crippen LogP contribution in [0.2, 0.25) is 0 Å². The van der Waals surface area contributed by atoms with Crippen LogP contribution in [0, 0.1) is 17.2 Å². The zero-order valence-electron chi connectivity index (χ0n) is 18.6. The molecule has 7 nitrogen and oxygen atoms in total. The number of piperidine rings is 1. The van der Waals surface area contributed by atoms with Crippen molar-refractivity contribution in [3.8, 4) is 0 Å². The van der Waals surface area contributed by atoms with Gasteiger partial charge in [-0.05, 0) is 36.3 Å². The van der Waals surface area contributed by atoms with Crippen LogP contribution in [0.5, 0.6) is 0 Å². The van der Waals surface area contributed by atoms with E-state index in [0.717, 1.165) is 12.8 Å². The molecule has 2 aliphatic carbocycles. The number of hydrogen-bond acceptors (Lipinski definition) is 5. The minimum Gasteiger partial charge on any atom is -0.376 e. The zero-order valence-corrected chi connectivity index (χ0v) is 18.6. The van der Waals surface area contributed by atoms with E-state index in [2.05, 4.69) is 22.8 Å². The Labute approximate surface area is 193 Å². The van der Waals surface area contributed by atoms with Gasteiger partial charge in [0.2, 0.25) is 11.8 Å². The van der Waals surface area contributed by atoms with E-state index in [-0.39, 0.29) is 41.8 Å². The number of nitrogens with one attached hydrogen (secondary N) is 3. The van der Waals surface area contributed by atoms with Gasteiger partial charge in [-0.2, -0.15) is 0 Å². The van der Waals surface area contributed by atoms with E-state index < -0.39 is 6.04 Å². The fourth-order valence-corrected chi connectivity index (χ4v) is 5.07. The maximum atomic E-state index is 13.1. The van der Waals surface area contributed by atoms with Crippen molar-refractivity contribution in [2.24, 2.45) is 11.8 Å². The van der Waals surface area contributed by atoms with Crippen molar-refractivity contribution in [1.82, 2.24) is 10.2 Å². The average Bonchev–Trinajstić information content (AvgIpc) is 3.74. The van der Waals surface area contributed by atoms with Crippen LogP contribution in [0.4, 0.5) is 5.69 Å². The molecule has 33 heavy (non-hydrogen) atoms. The van der Waals surface area contributed by atoms with E-state index in [1.807, 2.05) is 18.2 Å². The summed E-state index contributed by atoms with van der Waals surface area (Å²) < 4.78 is 0. The second-order valence-corrected chi connectivity index (χ2v) is 9.35. The Morgan fingerprint density at radius 3 is 2.52 bits per heavy atom. The molecule has 0 aromatic heterocycles. The maximum Gasteiger partial charge on any atom is 0.243 e. The first kappa shape index (κ1) is 21.4. The third-order valence-electron chi connectivity index (χ3n) is 7.06. The number of fused-ring (bicyclic) bond motifs is 1. The van der Waals surface area contributed by atoms with Gasteiger partial charge in [0.1, 0.15) is 11.8 Å². The molecule has 0 spiro atoms. The molecule has 2 amide bonds. The van der Waals surface area contributed by atoms with Crippen molar-refractivity contribution in [1.29, 1.82) is 5.41 Å². The van der Waals surface area contributed by atoms with Crippen LogP contribution in [-0.4, -0.2) is 53.4 Å². The summed E-state index contributed by atoms with van der Waals surface area (Å²) in [5, 5.41) is 14.3. The monoisotopic (exact) mass is 444 g/mol. The number of likely N-dealkylation sites (tertiary alicyclic amines) is 1. The predicted octanol–water partition coefficient (Wildman–Crippen LogP) is 2.57. The molecule has 2 saturated carbocycles. The number of anilines is 1. The van der Waals surface area contributed by atoms with Crippen molar-refractivity contribution in [3.63, 3.8) is 0 Å². The Hall–Kier alpha value is -3.48. The summed E-state index contributed by atoms with van der Waals surface area (Å²) in [5.41, 5.74) is 2.19. The van der Waals surface area contributed by atoms with Crippen molar-refractivity contribution < 1.29 is 14.4 Å². The molecule has 1 aliphatic heterocycles. The summed E-state index contributed by atoms with van der Waals surface area (Å²) in [5.74, 6) is 0.497. The second-order valence-electron chi connectivity index (χ2n) is 9.35. The summed E-state index contributed by atoms with van der Waals surface area (Å²) in [4.78, 5) is 39.5. The van der Waals surface area contributed by atoms with Gasteiger partial charge in [-0.1, -0.05) is 48.5 Å². The van der Waals surface area contributed by atoms with Gasteiger partial charge in [-0.15, -0.1) is 0 Å². The van der Waals surface area contributed by atoms with Crippen LogP contribution in [0.3, 0.4) is 0 Å². The molecule has 1 saturated heterocycles. The van der Waals surface area contributed by atoms with Gasteiger partial charge in [-0.25, -0.2) is 0 Å². The Morgan fingerprint density at radius 2 is 1.76 bits per heavy atom. The molecular formula is C26H28N4O3. The van der Waals surface area contributed by atoms with E-state index >= 15 is 0 Å². The van der Waals surface area contributed by atoms with Crippen LogP contribution in [0.15, 0.2) is 54.6 Å². The van der Waals surface area contributed by atoms with E-state index in [4.69, 9.17) is 5.41 Å². The van der Waals surface area contributed by atoms with Gasteiger partial charge >= 0.3 is 0 Å². The van der Waals surface area contributed by atoms with Gasteiger partial charge < -0.3 is 15.5 Å². The van der Waals surface area contributed by atoms with Crippen molar-refractivity contribution in [3.05, 3.63) is 65.7 Å². The minimum atomic E-state index is -0.410. The normalized spacial score (nSPS) is 26.8. The summed E-state index contributed by atoms with van der Waals surface area (Å²) in [6.45, 7) is 1.98. The summed E-state index contributed by atoms with van der Waals surface area (Å²) in [6, 6.07) is 16.9. The lowest BCUT2D eigenvalue weighted by Gasteiger charge is -2.27. The average molecular weight is 445 g/mol. The van der Waals surface area contributed by atoms with Gasteiger partial charge in [-0.3, -0.25) is 19.8 Å². The number of ketones is 1. The highest BCUT2D eigenvalue weighted by Gasteiger charge is 2.57. The summed E-state index contributed by atoms with van der Waals surface area (Å²) in [6.07, 6.45) is 1.94. The zero-order chi connectivity index (χ0) is 23.1. The molecule has 2 aromatic rings. The molecule has 3 fully saturated rings. The lowest BCUT2D eigenvalue weighted by molar-refractivity contribution is -0.138. The van der Waals surface area contributed by atoms with Crippen LogP contribution >= 0.6 is 0 Å². The highest BCUT2D eigenvalue weighted by molar-refractivity contribution is 6.45. The molecule has 2 aromatic carbocycles. The van der Waals surface area contributed by atoms with E-state index in [0.29, 0.717) is 29.6 Å². The Morgan fingerprint density at radius 1 is 1.03 bits per heavy atom. The number of amides is 2. The maximum absolute atomic E-state index is 13.1. The number of carbonyl (C=O) groups is 3. The molecule has 3 aliphatic rings. The van der Waals surface area contributed by atoms with Crippen LogP contribution in [-0.2, 0) is 14.4 Å². The van der Waals surface area contributed by atoms with Crippen molar-refractivity contribution in [2.75, 3.05) is 18.4 Å². The van der Waals surface area contributed by atoms with Crippen LogP contribution in [0.25, 0.3) is 0 Å². The van der Waals surface area contributed by atoms with Gasteiger partial charge in [0.15, 0.2) is 5.78 Å². The number of para-hydroxylation sites is 1. The first-order valence-electron chi connectivity index (χ1n) is 11.5. The number of benzene rings is 2. The molecule has 170 valence electrons. The second kappa shape index (κ2) is 8.46. The lowest BCUT2D eigenvalue weighted by Crippen LogP contribution is -2.50. The van der Waals surface area contributed by atoms with E-state index in [9.17, 15) is 14.4 Å². The molecule has 3 N–H and O–H groups in total. The van der Waals surface area contributed by atoms with E-state index in [1.54, 1.807) is 29.2 Å². The lowest BCUT2D eigenvalue weighted by atomic mass is 10.1.